The van der Waals surface area contributed by atoms with E-state index in [9.17, 15) is 10.1 Å². The molecule has 1 aromatic rings. The summed E-state index contributed by atoms with van der Waals surface area (Å²) >= 11 is 0. The highest BCUT2D eigenvalue weighted by Crippen LogP contribution is 2.33. The van der Waals surface area contributed by atoms with Crippen molar-refractivity contribution in [2.45, 2.75) is 37.9 Å². The zero-order valence-corrected chi connectivity index (χ0v) is 14.3. The summed E-state index contributed by atoms with van der Waals surface area (Å²) in [5.41, 5.74) is 0.629. The molecule has 0 unspecified atom stereocenters. The molecule has 0 aliphatic carbocycles. The maximum atomic E-state index is 12.0. The molecule has 0 aromatic carbocycles. The highest BCUT2D eigenvalue weighted by atomic mass is 16.5. The molecule has 2 aliphatic rings. The Hall–Kier alpha value is -2.13. The van der Waals surface area contributed by atoms with Gasteiger partial charge in [-0.2, -0.15) is 5.26 Å². The van der Waals surface area contributed by atoms with Crippen molar-refractivity contribution in [3.63, 3.8) is 0 Å². The molecule has 2 fully saturated rings. The fourth-order valence-electron chi connectivity index (χ4n) is 3.70. The van der Waals surface area contributed by atoms with Gasteiger partial charge in [0.1, 0.15) is 18.0 Å². The van der Waals surface area contributed by atoms with E-state index in [4.69, 9.17) is 4.74 Å². The maximum absolute atomic E-state index is 12.0. The molecule has 2 atom stereocenters. The van der Waals surface area contributed by atoms with Gasteiger partial charge in [0, 0.05) is 33.4 Å². The Kier molecular flexibility index (Phi) is 5.00. The monoisotopic (exact) mass is 328 g/mol. The molecule has 3 rings (SSSR count). The van der Waals surface area contributed by atoms with E-state index in [0.717, 1.165) is 44.6 Å². The standard InChI is InChI=1S/C18H24N4O2/c1-21(2)18(23)16-6-5-15(24-16)13-7-10-22(11-8-13)17-14(12-19)4-3-9-20-17/h3-4,9,13,15-16H,5-8,10-11H2,1-2H3/t15-,16+/m0/s1. The van der Waals surface area contributed by atoms with Gasteiger partial charge in [0.15, 0.2) is 0 Å². The number of nitriles is 1. The summed E-state index contributed by atoms with van der Waals surface area (Å²) in [4.78, 5) is 20.2. The van der Waals surface area contributed by atoms with Gasteiger partial charge in [-0.3, -0.25) is 4.79 Å². The van der Waals surface area contributed by atoms with Gasteiger partial charge in [0.25, 0.3) is 5.91 Å². The second kappa shape index (κ2) is 7.18. The number of nitrogens with zero attached hydrogens (tertiary/aromatic N) is 4. The van der Waals surface area contributed by atoms with Gasteiger partial charge in [-0.25, -0.2) is 4.98 Å². The molecule has 0 radical (unpaired) electrons. The summed E-state index contributed by atoms with van der Waals surface area (Å²) in [7, 11) is 3.55. The van der Waals surface area contributed by atoms with E-state index in [0.29, 0.717) is 11.5 Å². The van der Waals surface area contributed by atoms with Crippen LogP contribution in [-0.2, 0) is 9.53 Å². The summed E-state index contributed by atoms with van der Waals surface area (Å²) in [5.74, 6) is 1.34. The zero-order chi connectivity index (χ0) is 17.1. The van der Waals surface area contributed by atoms with Gasteiger partial charge in [0.2, 0.25) is 0 Å². The minimum atomic E-state index is -0.274. The summed E-state index contributed by atoms with van der Waals surface area (Å²) in [6, 6.07) is 5.82. The van der Waals surface area contributed by atoms with Crippen molar-refractivity contribution in [2.24, 2.45) is 5.92 Å². The summed E-state index contributed by atoms with van der Waals surface area (Å²) in [5, 5.41) is 9.23. The lowest BCUT2D eigenvalue weighted by molar-refractivity contribution is -0.141. The Balaban J connectivity index is 1.56. The average Bonchev–Trinajstić information content (AvgIpc) is 3.11. The SMILES string of the molecule is CN(C)C(=O)[C@H]1CC[C@@H](C2CCN(c3ncccc3C#N)CC2)O1. The number of hydrogen-bond acceptors (Lipinski definition) is 5. The first-order chi connectivity index (χ1) is 11.6. The number of carbonyl (C=O) groups is 1. The molecule has 3 heterocycles. The molecule has 6 nitrogen and oxygen atoms in total. The Bertz CT molecular complexity index is 632. The van der Waals surface area contributed by atoms with Crippen LogP contribution in [-0.4, -0.2) is 55.2 Å². The van der Waals surface area contributed by atoms with Gasteiger partial charge < -0.3 is 14.5 Å². The molecular weight excluding hydrogens is 304 g/mol. The molecule has 0 bridgehead atoms. The molecule has 128 valence electrons. The molecule has 6 heteroatoms. The van der Waals surface area contributed by atoms with Gasteiger partial charge in [-0.05, 0) is 43.7 Å². The van der Waals surface area contributed by atoms with Crippen LogP contribution in [0.4, 0.5) is 5.82 Å². The van der Waals surface area contributed by atoms with Crippen LogP contribution >= 0.6 is 0 Å². The van der Waals surface area contributed by atoms with E-state index in [-0.39, 0.29) is 18.1 Å². The maximum Gasteiger partial charge on any atom is 0.251 e. The number of anilines is 1. The van der Waals surface area contributed by atoms with E-state index in [1.54, 1.807) is 31.3 Å². The van der Waals surface area contributed by atoms with Gasteiger partial charge >= 0.3 is 0 Å². The number of hydrogen-bond donors (Lipinski definition) is 0. The van der Waals surface area contributed by atoms with E-state index in [2.05, 4.69) is 16.0 Å². The van der Waals surface area contributed by atoms with E-state index in [1.165, 1.54) is 0 Å². The minimum absolute atomic E-state index is 0.0714. The largest absolute Gasteiger partial charge is 0.365 e. The van der Waals surface area contributed by atoms with Gasteiger partial charge in [-0.15, -0.1) is 0 Å². The fourth-order valence-corrected chi connectivity index (χ4v) is 3.70. The quantitative estimate of drug-likeness (QED) is 0.846. The van der Waals surface area contributed by atoms with Crippen molar-refractivity contribution in [1.82, 2.24) is 9.88 Å². The number of ether oxygens (including phenoxy) is 1. The van der Waals surface area contributed by atoms with Crippen molar-refractivity contribution in [3.05, 3.63) is 23.9 Å². The zero-order valence-electron chi connectivity index (χ0n) is 14.3. The van der Waals surface area contributed by atoms with Crippen LogP contribution in [0.25, 0.3) is 0 Å². The first kappa shape index (κ1) is 16.7. The second-order valence-corrected chi connectivity index (χ2v) is 6.78. The molecule has 0 spiro atoms. The first-order valence-electron chi connectivity index (χ1n) is 8.57. The first-order valence-corrected chi connectivity index (χ1v) is 8.57. The smallest absolute Gasteiger partial charge is 0.251 e. The topological polar surface area (TPSA) is 69.5 Å². The summed E-state index contributed by atoms with van der Waals surface area (Å²) < 4.78 is 6.03. The lowest BCUT2D eigenvalue weighted by Gasteiger charge is -2.35. The Morgan fingerprint density at radius 3 is 2.75 bits per heavy atom. The van der Waals surface area contributed by atoms with Gasteiger partial charge in [-0.1, -0.05) is 0 Å². The minimum Gasteiger partial charge on any atom is -0.365 e. The van der Waals surface area contributed by atoms with Crippen molar-refractivity contribution in [2.75, 3.05) is 32.1 Å². The second-order valence-electron chi connectivity index (χ2n) is 6.78. The fraction of sp³-hybridized carbons (Fsp3) is 0.611. The van der Waals surface area contributed by atoms with E-state index < -0.39 is 0 Å². The molecule has 0 saturated carbocycles. The molecular formula is C18H24N4O2. The van der Waals surface area contributed by atoms with Crippen LogP contribution in [0.1, 0.15) is 31.2 Å². The number of likely N-dealkylation sites (N-methyl/N-ethyl adjacent to an activating group) is 1. The third-order valence-electron chi connectivity index (χ3n) is 5.04. The average molecular weight is 328 g/mol. The summed E-state index contributed by atoms with van der Waals surface area (Å²) in [6.07, 6.45) is 5.44. The van der Waals surface area contributed by atoms with Crippen molar-refractivity contribution >= 4 is 11.7 Å². The molecule has 24 heavy (non-hydrogen) atoms. The summed E-state index contributed by atoms with van der Waals surface area (Å²) in [6.45, 7) is 1.75. The Morgan fingerprint density at radius 2 is 2.08 bits per heavy atom. The molecule has 0 N–H and O–H groups in total. The number of rotatable bonds is 3. The normalized spacial score (nSPS) is 24.6. The van der Waals surface area contributed by atoms with Crippen LogP contribution in [0.3, 0.4) is 0 Å². The third kappa shape index (κ3) is 3.36. The number of amides is 1. The van der Waals surface area contributed by atoms with Crippen molar-refractivity contribution in [1.29, 1.82) is 5.26 Å². The van der Waals surface area contributed by atoms with E-state index in [1.807, 2.05) is 6.07 Å². The number of carbonyl (C=O) groups excluding carboxylic acids is 1. The number of pyridine rings is 1. The number of piperidine rings is 1. The van der Waals surface area contributed by atoms with E-state index >= 15 is 0 Å². The van der Waals surface area contributed by atoms with Crippen LogP contribution in [0.5, 0.6) is 0 Å². The molecule has 1 amide bonds. The highest BCUT2D eigenvalue weighted by Gasteiger charge is 2.37. The Morgan fingerprint density at radius 1 is 1.33 bits per heavy atom. The predicted molar refractivity (Wildman–Crippen MR) is 90.5 cm³/mol. The lowest BCUT2D eigenvalue weighted by Crippen LogP contribution is -2.39. The van der Waals surface area contributed by atoms with Crippen LogP contribution in [0.2, 0.25) is 0 Å². The molecule has 2 saturated heterocycles. The Labute approximate surface area is 143 Å². The predicted octanol–water partition coefficient (Wildman–Crippen LogP) is 1.81. The van der Waals surface area contributed by atoms with Crippen molar-refractivity contribution in [3.8, 4) is 6.07 Å². The third-order valence-corrected chi connectivity index (χ3v) is 5.04. The lowest BCUT2D eigenvalue weighted by atomic mass is 9.89. The van der Waals surface area contributed by atoms with Gasteiger partial charge in [0.05, 0.1) is 11.7 Å². The van der Waals surface area contributed by atoms with Crippen molar-refractivity contribution < 1.29 is 9.53 Å². The highest BCUT2D eigenvalue weighted by molar-refractivity contribution is 5.80. The molecule has 1 aromatic heterocycles. The van der Waals surface area contributed by atoms with Crippen LogP contribution in [0, 0.1) is 17.2 Å². The van der Waals surface area contributed by atoms with Crippen LogP contribution in [0.15, 0.2) is 18.3 Å². The van der Waals surface area contributed by atoms with Crippen LogP contribution < -0.4 is 4.90 Å². The number of aromatic nitrogens is 1. The molecule has 2 aliphatic heterocycles.